The van der Waals surface area contributed by atoms with Crippen LogP contribution in [0.15, 0.2) is 24.4 Å². The molecule has 0 unspecified atom stereocenters. The van der Waals surface area contributed by atoms with Crippen LogP contribution in [0.3, 0.4) is 0 Å². The molecular formula is C11H13ClN2. The van der Waals surface area contributed by atoms with Crippen LogP contribution in [0.2, 0.25) is 5.15 Å². The predicted molar refractivity (Wildman–Crippen MR) is 59.3 cm³/mol. The maximum absolute atomic E-state index is 5.85. The number of likely N-dealkylation sites (N-methyl/N-ethyl adjacent to an activating group) is 1. The molecule has 1 aromatic rings. The molecule has 74 valence electrons. The van der Waals surface area contributed by atoms with Crippen molar-refractivity contribution in [3.8, 4) is 0 Å². The lowest BCUT2D eigenvalue weighted by molar-refractivity contribution is 0.373. The van der Waals surface area contributed by atoms with Crippen molar-refractivity contribution in [3.63, 3.8) is 0 Å². The minimum absolute atomic E-state index is 0.566. The molecule has 2 rings (SSSR count). The molecule has 0 amide bonds. The van der Waals surface area contributed by atoms with Crippen LogP contribution in [0, 0.1) is 0 Å². The summed E-state index contributed by atoms with van der Waals surface area (Å²) in [7, 11) is 2.13. The molecule has 3 heteroatoms. The third-order valence-electron chi connectivity index (χ3n) is 2.44. The summed E-state index contributed by atoms with van der Waals surface area (Å²) in [6.45, 7) is 2.14. The molecule has 1 aliphatic heterocycles. The highest BCUT2D eigenvalue weighted by Crippen LogP contribution is 2.21. The van der Waals surface area contributed by atoms with Gasteiger partial charge in [0.2, 0.25) is 0 Å². The fourth-order valence-corrected chi connectivity index (χ4v) is 1.88. The molecule has 0 radical (unpaired) electrons. The maximum Gasteiger partial charge on any atom is 0.129 e. The monoisotopic (exact) mass is 208 g/mol. The third-order valence-corrected chi connectivity index (χ3v) is 2.65. The van der Waals surface area contributed by atoms with Crippen LogP contribution in [-0.4, -0.2) is 30.0 Å². The van der Waals surface area contributed by atoms with Crippen molar-refractivity contribution < 1.29 is 0 Å². The Bertz CT molecular complexity index is 360. The van der Waals surface area contributed by atoms with Gasteiger partial charge in [0.25, 0.3) is 0 Å². The van der Waals surface area contributed by atoms with Gasteiger partial charge in [-0.25, -0.2) is 4.98 Å². The summed E-state index contributed by atoms with van der Waals surface area (Å²) in [5, 5.41) is 0.566. The molecule has 0 saturated carbocycles. The lowest BCUT2D eigenvalue weighted by Gasteiger charge is -2.23. The van der Waals surface area contributed by atoms with Crippen molar-refractivity contribution in [2.45, 2.75) is 6.42 Å². The van der Waals surface area contributed by atoms with Gasteiger partial charge < -0.3 is 4.90 Å². The molecule has 14 heavy (non-hydrogen) atoms. The van der Waals surface area contributed by atoms with Gasteiger partial charge in [0.1, 0.15) is 5.15 Å². The van der Waals surface area contributed by atoms with Gasteiger partial charge in [0.15, 0.2) is 0 Å². The second-order valence-corrected chi connectivity index (χ2v) is 4.01. The Morgan fingerprint density at radius 1 is 1.50 bits per heavy atom. The predicted octanol–water partition coefficient (Wildman–Crippen LogP) is 2.45. The zero-order chi connectivity index (χ0) is 9.97. The van der Waals surface area contributed by atoms with E-state index in [-0.39, 0.29) is 0 Å². The van der Waals surface area contributed by atoms with Crippen molar-refractivity contribution in [2.75, 3.05) is 20.1 Å². The van der Waals surface area contributed by atoms with Gasteiger partial charge in [-0.15, -0.1) is 0 Å². The van der Waals surface area contributed by atoms with Crippen LogP contribution >= 0.6 is 11.6 Å². The average Bonchev–Trinajstić information content (AvgIpc) is 2.18. The maximum atomic E-state index is 5.85. The molecule has 0 spiro atoms. The van der Waals surface area contributed by atoms with Crippen molar-refractivity contribution in [3.05, 3.63) is 35.1 Å². The molecule has 0 aliphatic carbocycles. The van der Waals surface area contributed by atoms with E-state index in [9.17, 15) is 0 Å². The lowest BCUT2D eigenvalue weighted by Crippen LogP contribution is -2.24. The molecule has 0 atom stereocenters. The molecule has 0 aromatic carbocycles. The highest BCUT2D eigenvalue weighted by Gasteiger charge is 2.10. The van der Waals surface area contributed by atoms with E-state index in [1.807, 2.05) is 12.1 Å². The summed E-state index contributed by atoms with van der Waals surface area (Å²) in [4.78, 5) is 6.29. The summed E-state index contributed by atoms with van der Waals surface area (Å²) in [5.41, 5.74) is 2.54. The van der Waals surface area contributed by atoms with E-state index in [1.54, 1.807) is 6.20 Å². The van der Waals surface area contributed by atoms with Crippen LogP contribution in [-0.2, 0) is 0 Å². The van der Waals surface area contributed by atoms with E-state index < -0.39 is 0 Å². The fourth-order valence-electron chi connectivity index (χ4n) is 1.70. The van der Waals surface area contributed by atoms with Crippen LogP contribution in [0.4, 0.5) is 0 Å². The van der Waals surface area contributed by atoms with Gasteiger partial charge >= 0.3 is 0 Å². The van der Waals surface area contributed by atoms with Gasteiger partial charge in [-0.1, -0.05) is 17.7 Å². The minimum Gasteiger partial charge on any atom is -0.302 e. The largest absolute Gasteiger partial charge is 0.302 e. The van der Waals surface area contributed by atoms with Crippen LogP contribution < -0.4 is 0 Å². The first-order valence-electron chi connectivity index (χ1n) is 4.75. The van der Waals surface area contributed by atoms with Crippen LogP contribution in [0.5, 0.6) is 0 Å². The fraction of sp³-hybridized carbons (Fsp3) is 0.364. The zero-order valence-electron chi connectivity index (χ0n) is 8.20. The summed E-state index contributed by atoms with van der Waals surface area (Å²) in [6, 6.07) is 3.93. The second kappa shape index (κ2) is 4.11. The molecule has 0 N–H and O–H groups in total. The highest BCUT2D eigenvalue weighted by atomic mass is 35.5. The standard InChI is InChI=1S/C11H13ClN2/c1-14-6-2-3-10(8-14)9-4-5-13-11(12)7-9/h3-5,7H,2,6,8H2,1H3. The third kappa shape index (κ3) is 2.14. The van der Waals surface area contributed by atoms with E-state index in [0.29, 0.717) is 5.15 Å². The molecule has 2 nitrogen and oxygen atoms in total. The van der Waals surface area contributed by atoms with E-state index in [1.165, 1.54) is 11.1 Å². The first-order chi connectivity index (χ1) is 6.75. The summed E-state index contributed by atoms with van der Waals surface area (Å²) in [5.74, 6) is 0. The van der Waals surface area contributed by atoms with Gasteiger partial charge in [-0.2, -0.15) is 0 Å². The molecule has 0 saturated heterocycles. The van der Waals surface area contributed by atoms with E-state index in [2.05, 4.69) is 23.0 Å². The number of pyridine rings is 1. The molecule has 1 aliphatic rings. The van der Waals surface area contributed by atoms with Gasteiger partial charge in [-0.05, 0) is 36.7 Å². The SMILES string of the molecule is CN1CCC=C(c2ccnc(Cl)c2)C1. The number of halogens is 1. The number of hydrogen-bond acceptors (Lipinski definition) is 2. The quantitative estimate of drug-likeness (QED) is 0.660. The lowest BCUT2D eigenvalue weighted by atomic mass is 10.0. The van der Waals surface area contributed by atoms with Crippen LogP contribution in [0.25, 0.3) is 5.57 Å². The Morgan fingerprint density at radius 2 is 2.36 bits per heavy atom. The van der Waals surface area contributed by atoms with E-state index in [4.69, 9.17) is 11.6 Å². The number of hydrogen-bond donors (Lipinski definition) is 0. The van der Waals surface area contributed by atoms with Gasteiger partial charge in [0, 0.05) is 19.3 Å². The van der Waals surface area contributed by atoms with Crippen molar-refractivity contribution in [1.29, 1.82) is 0 Å². The Hall–Kier alpha value is -0.860. The van der Waals surface area contributed by atoms with Crippen molar-refractivity contribution in [1.82, 2.24) is 9.88 Å². The minimum atomic E-state index is 0.566. The summed E-state index contributed by atoms with van der Waals surface area (Å²) < 4.78 is 0. The Balaban J connectivity index is 2.26. The Kier molecular flexibility index (Phi) is 2.85. The van der Waals surface area contributed by atoms with Crippen molar-refractivity contribution in [2.24, 2.45) is 0 Å². The molecule has 1 aromatic heterocycles. The number of aromatic nitrogens is 1. The average molecular weight is 209 g/mol. The van der Waals surface area contributed by atoms with E-state index in [0.717, 1.165) is 19.5 Å². The number of nitrogens with zero attached hydrogens (tertiary/aromatic N) is 2. The smallest absolute Gasteiger partial charge is 0.129 e. The highest BCUT2D eigenvalue weighted by molar-refractivity contribution is 6.29. The summed E-state index contributed by atoms with van der Waals surface area (Å²) >= 11 is 5.85. The molecule has 0 bridgehead atoms. The molecule has 2 heterocycles. The van der Waals surface area contributed by atoms with Crippen LogP contribution in [0.1, 0.15) is 12.0 Å². The topological polar surface area (TPSA) is 16.1 Å². The Morgan fingerprint density at radius 3 is 3.07 bits per heavy atom. The molecular weight excluding hydrogens is 196 g/mol. The normalized spacial score (nSPS) is 18.0. The van der Waals surface area contributed by atoms with Gasteiger partial charge in [-0.3, -0.25) is 0 Å². The summed E-state index contributed by atoms with van der Waals surface area (Å²) in [6.07, 6.45) is 5.16. The van der Waals surface area contributed by atoms with Gasteiger partial charge in [0.05, 0.1) is 0 Å². The first kappa shape index (κ1) is 9.69. The molecule has 0 fully saturated rings. The second-order valence-electron chi connectivity index (χ2n) is 3.62. The Labute approximate surface area is 89.2 Å². The zero-order valence-corrected chi connectivity index (χ0v) is 8.96. The van der Waals surface area contributed by atoms with Crippen molar-refractivity contribution >= 4 is 17.2 Å². The first-order valence-corrected chi connectivity index (χ1v) is 5.13. The van der Waals surface area contributed by atoms with E-state index >= 15 is 0 Å². The number of rotatable bonds is 1.